The lowest BCUT2D eigenvalue weighted by molar-refractivity contribution is -0.127. The summed E-state index contributed by atoms with van der Waals surface area (Å²) in [5, 5.41) is 6.16. The average molecular weight is 373 g/mol. The molecule has 150 valence electrons. The summed E-state index contributed by atoms with van der Waals surface area (Å²) in [5.41, 5.74) is 1.43. The third-order valence-corrected chi connectivity index (χ3v) is 6.13. The molecule has 0 aliphatic carbocycles. The molecule has 1 aromatic rings. The van der Waals surface area contributed by atoms with Crippen LogP contribution in [0.5, 0.6) is 0 Å². The number of benzene rings is 1. The predicted molar refractivity (Wildman–Crippen MR) is 111 cm³/mol. The topological polar surface area (TPSA) is 47.6 Å². The van der Waals surface area contributed by atoms with Crippen LogP contribution in [0.2, 0.25) is 0 Å². The Kier molecular flexibility index (Phi) is 8.11. The second kappa shape index (κ2) is 10.8. The summed E-state index contributed by atoms with van der Waals surface area (Å²) in [6, 6.07) is 11.4. The zero-order valence-corrected chi connectivity index (χ0v) is 16.8. The molecule has 2 heterocycles. The van der Waals surface area contributed by atoms with E-state index in [0.717, 1.165) is 52.0 Å². The van der Waals surface area contributed by atoms with E-state index < -0.39 is 0 Å². The average Bonchev–Trinajstić information content (AvgIpc) is 2.73. The van der Waals surface area contributed by atoms with E-state index in [1.165, 1.54) is 31.5 Å². The normalized spacial score (nSPS) is 22.6. The molecule has 0 aromatic heterocycles. The van der Waals surface area contributed by atoms with Crippen molar-refractivity contribution in [1.29, 1.82) is 0 Å². The molecule has 2 saturated heterocycles. The van der Waals surface area contributed by atoms with Crippen LogP contribution in [0.4, 0.5) is 0 Å². The largest absolute Gasteiger partial charge is 0.355 e. The molecule has 1 atom stereocenters. The number of likely N-dealkylation sites (tertiary alicyclic amines) is 2. The fraction of sp³-hybridized carbons (Fsp3) is 0.682. The summed E-state index contributed by atoms with van der Waals surface area (Å²) in [6.07, 6.45) is 5.81. The van der Waals surface area contributed by atoms with Crippen molar-refractivity contribution in [2.75, 3.05) is 52.9 Å². The molecule has 2 fully saturated rings. The van der Waals surface area contributed by atoms with Crippen LogP contribution in [0.1, 0.15) is 31.2 Å². The minimum atomic E-state index is 0.173. The van der Waals surface area contributed by atoms with Crippen molar-refractivity contribution in [3.63, 3.8) is 0 Å². The van der Waals surface area contributed by atoms with Gasteiger partial charge in [-0.2, -0.15) is 0 Å². The number of hydrogen-bond donors (Lipinski definition) is 2. The standard InChI is InChI=1S/C22H36N4O/c1-23-12-13-24-22(27)20-8-5-14-26(18-20)21-10-16-25(17-11-21)15-9-19-6-3-2-4-7-19/h2-4,6-7,20-21,23H,5,8-18H2,1H3,(H,24,27)/t20-/m1/s1. The van der Waals surface area contributed by atoms with Crippen LogP contribution in [0.3, 0.4) is 0 Å². The van der Waals surface area contributed by atoms with E-state index in [2.05, 4.69) is 50.8 Å². The molecule has 2 aliphatic rings. The first-order valence-electron chi connectivity index (χ1n) is 10.7. The highest BCUT2D eigenvalue weighted by molar-refractivity contribution is 5.78. The maximum absolute atomic E-state index is 12.4. The highest BCUT2D eigenvalue weighted by Gasteiger charge is 2.31. The Labute approximate surface area is 164 Å². The predicted octanol–water partition coefficient (Wildman–Crippen LogP) is 1.74. The quantitative estimate of drug-likeness (QED) is 0.683. The van der Waals surface area contributed by atoms with Gasteiger partial charge in [-0.1, -0.05) is 30.3 Å². The summed E-state index contributed by atoms with van der Waals surface area (Å²) in [7, 11) is 1.92. The Hall–Kier alpha value is -1.43. The summed E-state index contributed by atoms with van der Waals surface area (Å²) >= 11 is 0. The molecule has 2 aliphatic heterocycles. The van der Waals surface area contributed by atoms with Gasteiger partial charge < -0.3 is 15.5 Å². The van der Waals surface area contributed by atoms with Gasteiger partial charge in [-0.3, -0.25) is 9.69 Å². The van der Waals surface area contributed by atoms with Gasteiger partial charge in [0.1, 0.15) is 0 Å². The van der Waals surface area contributed by atoms with Crippen LogP contribution in [0.15, 0.2) is 30.3 Å². The van der Waals surface area contributed by atoms with Gasteiger partial charge in [0.15, 0.2) is 0 Å². The lowest BCUT2D eigenvalue weighted by Gasteiger charge is -2.42. The zero-order valence-electron chi connectivity index (χ0n) is 16.8. The van der Waals surface area contributed by atoms with Crippen LogP contribution < -0.4 is 10.6 Å². The molecule has 0 spiro atoms. The van der Waals surface area contributed by atoms with Crippen molar-refractivity contribution in [2.24, 2.45) is 5.92 Å². The number of carbonyl (C=O) groups excluding carboxylic acids is 1. The minimum Gasteiger partial charge on any atom is -0.355 e. The van der Waals surface area contributed by atoms with Gasteiger partial charge in [0, 0.05) is 32.2 Å². The fourth-order valence-corrected chi connectivity index (χ4v) is 4.45. The molecular formula is C22H36N4O. The van der Waals surface area contributed by atoms with Crippen molar-refractivity contribution in [3.05, 3.63) is 35.9 Å². The van der Waals surface area contributed by atoms with E-state index in [9.17, 15) is 4.79 Å². The van der Waals surface area contributed by atoms with Gasteiger partial charge in [-0.25, -0.2) is 0 Å². The van der Waals surface area contributed by atoms with Gasteiger partial charge in [0.05, 0.1) is 5.92 Å². The number of hydrogen-bond acceptors (Lipinski definition) is 4. The first kappa shape index (κ1) is 20.3. The summed E-state index contributed by atoms with van der Waals surface area (Å²) < 4.78 is 0. The van der Waals surface area contributed by atoms with Crippen LogP contribution in [-0.4, -0.2) is 74.6 Å². The van der Waals surface area contributed by atoms with Gasteiger partial charge in [-0.05, 0) is 64.3 Å². The van der Waals surface area contributed by atoms with Crippen LogP contribution in [-0.2, 0) is 11.2 Å². The van der Waals surface area contributed by atoms with Gasteiger partial charge >= 0.3 is 0 Å². The smallest absolute Gasteiger partial charge is 0.224 e. The van der Waals surface area contributed by atoms with Crippen molar-refractivity contribution in [2.45, 2.75) is 38.1 Å². The van der Waals surface area contributed by atoms with E-state index in [0.29, 0.717) is 6.04 Å². The molecule has 5 nitrogen and oxygen atoms in total. The molecule has 0 radical (unpaired) electrons. The number of likely N-dealkylation sites (N-methyl/N-ethyl adjacent to an activating group) is 1. The van der Waals surface area contributed by atoms with E-state index in [4.69, 9.17) is 0 Å². The molecule has 0 saturated carbocycles. The van der Waals surface area contributed by atoms with E-state index in [-0.39, 0.29) is 11.8 Å². The van der Waals surface area contributed by atoms with Gasteiger partial charge in [-0.15, -0.1) is 0 Å². The molecule has 3 rings (SSSR count). The zero-order chi connectivity index (χ0) is 18.9. The minimum absolute atomic E-state index is 0.173. The molecule has 0 bridgehead atoms. The molecule has 27 heavy (non-hydrogen) atoms. The fourth-order valence-electron chi connectivity index (χ4n) is 4.45. The Bertz CT molecular complexity index is 557. The van der Waals surface area contributed by atoms with E-state index in [1.807, 2.05) is 7.05 Å². The monoisotopic (exact) mass is 372 g/mol. The van der Waals surface area contributed by atoms with Crippen molar-refractivity contribution < 1.29 is 4.79 Å². The number of rotatable bonds is 8. The summed E-state index contributed by atoms with van der Waals surface area (Å²) in [4.78, 5) is 17.6. The summed E-state index contributed by atoms with van der Waals surface area (Å²) in [6.45, 7) is 7.21. The first-order chi connectivity index (χ1) is 13.3. The van der Waals surface area contributed by atoms with Gasteiger partial charge in [0.2, 0.25) is 5.91 Å². The Morgan fingerprint density at radius 1 is 1.07 bits per heavy atom. The molecule has 5 heteroatoms. The highest BCUT2D eigenvalue weighted by atomic mass is 16.1. The SMILES string of the molecule is CNCCNC(=O)[C@@H]1CCCN(C2CCN(CCc3ccccc3)CC2)C1. The number of piperidine rings is 2. The van der Waals surface area contributed by atoms with Crippen molar-refractivity contribution in [3.8, 4) is 0 Å². The Balaban J connectivity index is 1.39. The molecule has 2 N–H and O–H groups in total. The Morgan fingerprint density at radius 3 is 2.59 bits per heavy atom. The maximum Gasteiger partial charge on any atom is 0.224 e. The van der Waals surface area contributed by atoms with Crippen molar-refractivity contribution >= 4 is 5.91 Å². The van der Waals surface area contributed by atoms with E-state index in [1.54, 1.807) is 0 Å². The molecular weight excluding hydrogens is 336 g/mol. The first-order valence-corrected chi connectivity index (χ1v) is 10.7. The molecule has 1 aromatic carbocycles. The van der Waals surface area contributed by atoms with Crippen molar-refractivity contribution in [1.82, 2.24) is 20.4 Å². The second-order valence-electron chi connectivity index (χ2n) is 8.04. The summed E-state index contributed by atoms with van der Waals surface area (Å²) in [5.74, 6) is 0.418. The highest BCUT2D eigenvalue weighted by Crippen LogP contribution is 2.24. The third kappa shape index (κ3) is 6.30. The lowest BCUT2D eigenvalue weighted by Crippen LogP contribution is -2.51. The maximum atomic E-state index is 12.4. The third-order valence-electron chi connectivity index (χ3n) is 6.13. The van der Waals surface area contributed by atoms with Crippen LogP contribution in [0, 0.1) is 5.92 Å². The number of amides is 1. The van der Waals surface area contributed by atoms with E-state index >= 15 is 0 Å². The molecule has 0 unspecified atom stereocenters. The molecule has 1 amide bonds. The number of nitrogens with zero attached hydrogens (tertiary/aromatic N) is 2. The number of nitrogens with one attached hydrogen (secondary N) is 2. The van der Waals surface area contributed by atoms with Crippen LogP contribution >= 0.6 is 0 Å². The Morgan fingerprint density at radius 2 is 1.85 bits per heavy atom. The second-order valence-corrected chi connectivity index (χ2v) is 8.04. The van der Waals surface area contributed by atoms with Crippen LogP contribution in [0.25, 0.3) is 0 Å². The number of carbonyl (C=O) groups is 1. The lowest BCUT2D eigenvalue weighted by atomic mass is 9.93. The van der Waals surface area contributed by atoms with Gasteiger partial charge in [0.25, 0.3) is 0 Å².